The number of pyridine rings is 1. The lowest BCUT2D eigenvalue weighted by atomic mass is 10.2. The molecule has 3 heterocycles. The maximum Gasteiger partial charge on any atom is 0.433 e. The van der Waals surface area contributed by atoms with Crippen molar-refractivity contribution in [2.24, 2.45) is 0 Å². The number of aromatic nitrogens is 3. The smallest absolute Gasteiger partial charge is 0.338 e. The number of hydrogen-bond acceptors (Lipinski definition) is 5. The van der Waals surface area contributed by atoms with Crippen LogP contribution < -0.4 is 4.90 Å². The molecule has 0 saturated carbocycles. The SMILES string of the molecule is FC(F)(F)c1ccnc(N2CCN(Cc3ccncc3)CC2)n1. The van der Waals surface area contributed by atoms with Gasteiger partial charge in [0.1, 0.15) is 5.69 Å². The van der Waals surface area contributed by atoms with Crippen LogP contribution in [0.3, 0.4) is 0 Å². The van der Waals surface area contributed by atoms with Gasteiger partial charge in [0.15, 0.2) is 0 Å². The number of rotatable bonds is 3. The lowest BCUT2D eigenvalue weighted by molar-refractivity contribution is -0.141. The third kappa shape index (κ3) is 3.95. The monoisotopic (exact) mass is 323 g/mol. The van der Waals surface area contributed by atoms with Crippen molar-refractivity contribution in [3.63, 3.8) is 0 Å². The minimum absolute atomic E-state index is 0.142. The Morgan fingerprint density at radius 2 is 1.65 bits per heavy atom. The fourth-order valence-electron chi connectivity index (χ4n) is 2.51. The van der Waals surface area contributed by atoms with E-state index in [9.17, 15) is 13.2 Å². The largest absolute Gasteiger partial charge is 0.433 e. The molecular formula is C15H16F3N5. The van der Waals surface area contributed by atoms with Gasteiger partial charge in [0.25, 0.3) is 0 Å². The Morgan fingerprint density at radius 3 is 2.30 bits per heavy atom. The summed E-state index contributed by atoms with van der Waals surface area (Å²) in [7, 11) is 0. The van der Waals surface area contributed by atoms with Crippen molar-refractivity contribution in [2.45, 2.75) is 12.7 Å². The highest BCUT2D eigenvalue weighted by Crippen LogP contribution is 2.28. The van der Waals surface area contributed by atoms with Gasteiger partial charge in [0.2, 0.25) is 5.95 Å². The fourth-order valence-corrected chi connectivity index (χ4v) is 2.51. The normalized spacial score (nSPS) is 16.6. The second kappa shape index (κ2) is 6.49. The van der Waals surface area contributed by atoms with Gasteiger partial charge in [-0.15, -0.1) is 0 Å². The van der Waals surface area contributed by atoms with Crippen molar-refractivity contribution in [3.05, 3.63) is 48.0 Å². The Balaban J connectivity index is 1.61. The van der Waals surface area contributed by atoms with Crippen LogP contribution in [0.1, 0.15) is 11.3 Å². The van der Waals surface area contributed by atoms with E-state index in [1.807, 2.05) is 12.1 Å². The summed E-state index contributed by atoms with van der Waals surface area (Å²) in [4.78, 5) is 15.6. The van der Waals surface area contributed by atoms with E-state index in [2.05, 4.69) is 19.9 Å². The standard InChI is InChI=1S/C15H16F3N5/c16-15(17,18)13-3-6-20-14(21-13)23-9-7-22(8-10-23)11-12-1-4-19-5-2-12/h1-6H,7-11H2. The lowest BCUT2D eigenvalue weighted by Crippen LogP contribution is -2.46. The summed E-state index contributed by atoms with van der Waals surface area (Å²) in [5.41, 5.74) is 0.269. The molecule has 0 spiro atoms. The molecule has 2 aromatic heterocycles. The molecule has 5 nitrogen and oxygen atoms in total. The van der Waals surface area contributed by atoms with Crippen molar-refractivity contribution >= 4 is 5.95 Å². The highest BCUT2D eigenvalue weighted by molar-refractivity contribution is 5.31. The molecule has 122 valence electrons. The molecule has 23 heavy (non-hydrogen) atoms. The van der Waals surface area contributed by atoms with E-state index in [1.54, 1.807) is 17.3 Å². The summed E-state index contributed by atoms with van der Waals surface area (Å²) in [6, 6.07) is 4.81. The number of piperazine rings is 1. The van der Waals surface area contributed by atoms with Gasteiger partial charge in [-0.1, -0.05) is 0 Å². The molecule has 1 saturated heterocycles. The van der Waals surface area contributed by atoms with Gasteiger partial charge < -0.3 is 4.90 Å². The minimum atomic E-state index is -4.44. The first-order chi connectivity index (χ1) is 11.0. The molecule has 0 amide bonds. The Kier molecular flexibility index (Phi) is 4.42. The predicted molar refractivity (Wildman–Crippen MR) is 78.8 cm³/mol. The molecule has 0 atom stereocenters. The second-order valence-corrected chi connectivity index (χ2v) is 5.36. The molecule has 0 N–H and O–H groups in total. The van der Waals surface area contributed by atoms with Crippen molar-refractivity contribution in [1.29, 1.82) is 0 Å². The predicted octanol–water partition coefficient (Wildman–Crippen LogP) is 2.21. The summed E-state index contributed by atoms with van der Waals surface area (Å²) in [6.07, 6.45) is 0.222. The van der Waals surface area contributed by atoms with Gasteiger partial charge in [-0.3, -0.25) is 9.88 Å². The lowest BCUT2D eigenvalue weighted by Gasteiger charge is -2.34. The molecule has 3 rings (SSSR count). The number of nitrogens with zero attached hydrogens (tertiary/aromatic N) is 5. The van der Waals surface area contributed by atoms with Crippen LogP contribution in [0.2, 0.25) is 0 Å². The molecule has 0 radical (unpaired) electrons. The highest BCUT2D eigenvalue weighted by atomic mass is 19.4. The van der Waals surface area contributed by atoms with Crippen molar-refractivity contribution in [2.75, 3.05) is 31.1 Å². The van der Waals surface area contributed by atoms with E-state index in [0.29, 0.717) is 13.1 Å². The van der Waals surface area contributed by atoms with Crippen LogP contribution in [0, 0.1) is 0 Å². The van der Waals surface area contributed by atoms with E-state index in [1.165, 1.54) is 5.56 Å². The number of anilines is 1. The molecule has 8 heteroatoms. The molecule has 1 aliphatic rings. The van der Waals surface area contributed by atoms with E-state index in [0.717, 1.165) is 31.9 Å². The summed E-state index contributed by atoms with van der Waals surface area (Å²) < 4.78 is 38.2. The third-order valence-electron chi connectivity index (χ3n) is 3.74. The summed E-state index contributed by atoms with van der Waals surface area (Å²) >= 11 is 0. The number of halogens is 3. The topological polar surface area (TPSA) is 45.2 Å². The molecule has 0 aromatic carbocycles. The summed E-state index contributed by atoms with van der Waals surface area (Å²) in [5.74, 6) is 0.142. The van der Waals surface area contributed by atoms with Crippen molar-refractivity contribution < 1.29 is 13.2 Å². The molecule has 0 bridgehead atoms. The Hall–Kier alpha value is -2.22. The Morgan fingerprint density at radius 1 is 0.957 bits per heavy atom. The first kappa shape index (κ1) is 15.7. The summed E-state index contributed by atoms with van der Waals surface area (Å²) in [6.45, 7) is 3.52. The maximum absolute atomic E-state index is 12.7. The number of alkyl halides is 3. The van der Waals surface area contributed by atoms with Crippen LogP contribution in [0.15, 0.2) is 36.8 Å². The van der Waals surface area contributed by atoms with Crippen LogP contribution in [-0.2, 0) is 12.7 Å². The third-order valence-corrected chi connectivity index (χ3v) is 3.74. The average molecular weight is 323 g/mol. The average Bonchev–Trinajstić information content (AvgIpc) is 2.56. The van der Waals surface area contributed by atoms with E-state index < -0.39 is 11.9 Å². The number of hydrogen-bond donors (Lipinski definition) is 0. The van der Waals surface area contributed by atoms with E-state index >= 15 is 0 Å². The maximum atomic E-state index is 12.7. The van der Waals surface area contributed by atoms with Gasteiger partial charge in [0.05, 0.1) is 0 Å². The Labute approximate surface area is 131 Å². The van der Waals surface area contributed by atoms with Crippen LogP contribution in [0.4, 0.5) is 19.1 Å². The summed E-state index contributed by atoms with van der Waals surface area (Å²) in [5, 5.41) is 0. The highest BCUT2D eigenvalue weighted by Gasteiger charge is 2.33. The van der Waals surface area contributed by atoms with Gasteiger partial charge in [-0.25, -0.2) is 9.97 Å². The van der Waals surface area contributed by atoms with Gasteiger partial charge in [-0.2, -0.15) is 13.2 Å². The molecule has 2 aromatic rings. The van der Waals surface area contributed by atoms with Gasteiger partial charge in [-0.05, 0) is 23.8 Å². The Bertz CT molecular complexity index is 639. The molecule has 1 aliphatic heterocycles. The van der Waals surface area contributed by atoms with Crippen LogP contribution in [-0.4, -0.2) is 46.0 Å². The van der Waals surface area contributed by atoms with E-state index in [4.69, 9.17) is 0 Å². The zero-order valence-corrected chi connectivity index (χ0v) is 12.4. The first-order valence-electron chi connectivity index (χ1n) is 7.29. The quantitative estimate of drug-likeness (QED) is 0.867. The van der Waals surface area contributed by atoms with Gasteiger partial charge >= 0.3 is 6.18 Å². The fraction of sp³-hybridized carbons (Fsp3) is 0.400. The minimum Gasteiger partial charge on any atom is -0.338 e. The van der Waals surface area contributed by atoms with Crippen molar-refractivity contribution in [1.82, 2.24) is 19.9 Å². The van der Waals surface area contributed by atoms with Crippen molar-refractivity contribution in [3.8, 4) is 0 Å². The molecular weight excluding hydrogens is 307 g/mol. The van der Waals surface area contributed by atoms with Crippen LogP contribution >= 0.6 is 0 Å². The van der Waals surface area contributed by atoms with E-state index in [-0.39, 0.29) is 5.95 Å². The first-order valence-corrected chi connectivity index (χ1v) is 7.29. The van der Waals surface area contributed by atoms with Crippen LogP contribution in [0.5, 0.6) is 0 Å². The molecule has 0 unspecified atom stereocenters. The zero-order valence-electron chi connectivity index (χ0n) is 12.4. The molecule has 1 fully saturated rings. The zero-order chi connectivity index (χ0) is 16.3. The van der Waals surface area contributed by atoms with Gasteiger partial charge in [0, 0.05) is 51.3 Å². The van der Waals surface area contributed by atoms with Crippen LogP contribution in [0.25, 0.3) is 0 Å². The second-order valence-electron chi connectivity index (χ2n) is 5.36. The molecule has 0 aliphatic carbocycles.